The van der Waals surface area contributed by atoms with Crippen LogP contribution >= 0.6 is 0 Å². The molecule has 0 spiro atoms. The van der Waals surface area contributed by atoms with E-state index >= 15 is 0 Å². The summed E-state index contributed by atoms with van der Waals surface area (Å²) in [6.07, 6.45) is 9.20. The van der Waals surface area contributed by atoms with Crippen molar-refractivity contribution in [2.45, 2.75) is 34.1 Å². The van der Waals surface area contributed by atoms with Gasteiger partial charge >= 0.3 is 0 Å². The Hall–Kier alpha value is -1.51. The lowest BCUT2D eigenvalue weighted by Gasteiger charge is -1.70. The fourth-order valence-corrected chi connectivity index (χ4v) is 0.441. The van der Waals surface area contributed by atoms with Crippen LogP contribution in [0, 0.1) is 0 Å². The molecule has 0 aliphatic heterocycles. The Balaban J connectivity index is 0. The third kappa shape index (κ3) is 19.1. The van der Waals surface area contributed by atoms with E-state index in [0.29, 0.717) is 0 Å². The normalized spacial score (nSPS) is 6.93. The maximum absolute atomic E-state index is 3.86. The highest BCUT2D eigenvalue weighted by Crippen LogP contribution is 1.69. The fourth-order valence-electron chi connectivity index (χ4n) is 0.441. The minimum absolute atomic E-state index is 1.25. The van der Waals surface area contributed by atoms with Crippen molar-refractivity contribution in [3.8, 4) is 0 Å². The van der Waals surface area contributed by atoms with E-state index in [0.717, 1.165) is 0 Å². The Kier molecular flexibility index (Phi) is 19.5. The first-order valence-electron chi connectivity index (χ1n) is 5.30. The summed E-state index contributed by atoms with van der Waals surface area (Å²) in [5.74, 6) is 0. The molecule has 0 bridgehead atoms. The van der Waals surface area contributed by atoms with Gasteiger partial charge in [0.2, 0.25) is 0 Å². The molecule has 15 heavy (non-hydrogen) atoms. The van der Waals surface area contributed by atoms with Crippen LogP contribution in [0.3, 0.4) is 0 Å². The van der Waals surface area contributed by atoms with Gasteiger partial charge in [0, 0.05) is 24.8 Å². The Morgan fingerprint density at radius 3 is 1.73 bits per heavy atom. The Morgan fingerprint density at radius 1 is 0.733 bits per heavy atom. The van der Waals surface area contributed by atoms with Gasteiger partial charge in [0.05, 0.1) is 0 Å². The smallest absolute Gasteiger partial charge is 0.115 e. The lowest BCUT2D eigenvalue weighted by Crippen LogP contribution is -1.65. The Morgan fingerprint density at radius 2 is 1.13 bits per heavy atom. The van der Waals surface area contributed by atoms with Crippen molar-refractivity contribution >= 4 is 0 Å². The summed E-state index contributed by atoms with van der Waals surface area (Å²) in [4.78, 5) is 11.5. The van der Waals surface area contributed by atoms with Gasteiger partial charge in [-0.1, -0.05) is 34.1 Å². The van der Waals surface area contributed by atoms with E-state index in [1.807, 2.05) is 13.8 Å². The largest absolute Gasteiger partial charge is 0.263 e. The van der Waals surface area contributed by atoms with E-state index in [-0.39, 0.29) is 0 Å². The molecule has 84 valence electrons. The molecular formula is C12H21N3. The molecule has 3 heteroatoms. The zero-order valence-corrected chi connectivity index (χ0v) is 10.1. The highest BCUT2D eigenvalue weighted by atomic mass is 14.8. The second kappa shape index (κ2) is 18.3. The van der Waals surface area contributed by atoms with Crippen LogP contribution in [-0.4, -0.2) is 15.0 Å². The van der Waals surface area contributed by atoms with Crippen LogP contribution in [0.4, 0.5) is 0 Å². The summed E-state index contributed by atoms with van der Waals surface area (Å²) in [6.45, 7) is 8.25. The summed E-state index contributed by atoms with van der Waals surface area (Å²) in [5, 5.41) is 0. The highest BCUT2D eigenvalue weighted by Gasteiger charge is 1.59. The SMILES string of the molecule is CC.CCC.c1ccncnccnc1. The summed E-state index contributed by atoms with van der Waals surface area (Å²) >= 11 is 0. The quantitative estimate of drug-likeness (QED) is 0.654. The maximum Gasteiger partial charge on any atom is 0.115 e. The summed E-state index contributed by atoms with van der Waals surface area (Å²) in [7, 11) is 0. The predicted octanol–water partition coefficient (Wildman–Crippen LogP) is 3.44. The zero-order valence-electron chi connectivity index (χ0n) is 10.1. The van der Waals surface area contributed by atoms with E-state index in [1.54, 1.807) is 36.9 Å². The Labute approximate surface area is 93.0 Å². The van der Waals surface area contributed by atoms with Crippen molar-refractivity contribution < 1.29 is 0 Å². The molecule has 0 unspecified atom stereocenters. The minimum atomic E-state index is 1.25. The molecule has 0 aliphatic rings. The van der Waals surface area contributed by atoms with Crippen LogP contribution in [0.1, 0.15) is 34.1 Å². The molecule has 0 atom stereocenters. The van der Waals surface area contributed by atoms with Crippen LogP contribution in [-0.2, 0) is 0 Å². The molecule has 1 rings (SSSR count). The van der Waals surface area contributed by atoms with Crippen molar-refractivity contribution in [1.82, 2.24) is 15.0 Å². The van der Waals surface area contributed by atoms with E-state index in [9.17, 15) is 0 Å². The van der Waals surface area contributed by atoms with Crippen LogP contribution in [0.5, 0.6) is 0 Å². The Bertz CT molecular complexity index is 162. The molecule has 3 nitrogen and oxygen atoms in total. The molecule has 1 heterocycles. The molecular weight excluding hydrogens is 186 g/mol. The molecule has 0 N–H and O–H groups in total. The first-order chi connectivity index (χ1) is 7.41. The zero-order chi connectivity index (χ0) is 11.8. The first kappa shape index (κ1) is 15.9. The van der Waals surface area contributed by atoms with Crippen molar-refractivity contribution in [3.63, 3.8) is 0 Å². The third-order valence-electron chi connectivity index (χ3n) is 0.828. The van der Waals surface area contributed by atoms with Gasteiger partial charge in [0.25, 0.3) is 0 Å². The van der Waals surface area contributed by atoms with Gasteiger partial charge in [-0.15, -0.1) is 0 Å². The van der Waals surface area contributed by atoms with Gasteiger partial charge in [-0.25, -0.2) is 9.97 Å². The molecule has 0 fully saturated rings. The average molecular weight is 207 g/mol. The van der Waals surface area contributed by atoms with Gasteiger partial charge in [0.15, 0.2) is 0 Å². The van der Waals surface area contributed by atoms with Crippen molar-refractivity contribution in [3.05, 3.63) is 43.2 Å². The molecule has 1 aromatic rings. The lowest BCUT2D eigenvalue weighted by atomic mass is 10.6. The van der Waals surface area contributed by atoms with E-state index in [4.69, 9.17) is 0 Å². The topological polar surface area (TPSA) is 38.7 Å². The monoisotopic (exact) mass is 207 g/mol. The van der Waals surface area contributed by atoms with Gasteiger partial charge in [-0.05, 0) is 12.1 Å². The van der Waals surface area contributed by atoms with Crippen LogP contribution in [0.2, 0.25) is 0 Å². The van der Waals surface area contributed by atoms with Crippen molar-refractivity contribution in [2.75, 3.05) is 0 Å². The number of hydrogen-bond donors (Lipinski definition) is 0. The van der Waals surface area contributed by atoms with Crippen LogP contribution < -0.4 is 0 Å². The molecule has 0 saturated carbocycles. The molecule has 1 aromatic heterocycles. The van der Waals surface area contributed by atoms with E-state index < -0.39 is 0 Å². The molecule has 0 radical (unpaired) electrons. The first-order valence-corrected chi connectivity index (χ1v) is 5.30. The third-order valence-corrected chi connectivity index (χ3v) is 0.828. The van der Waals surface area contributed by atoms with E-state index in [1.165, 1.54) is 12.7 Å². The highest BCUT2D eigenvalue weighted by molar-refractivity contribution is 4.80. The predicted molar refractivity (Wildman–Crippen MR) is 64.8 cm³/mol. The molecule has 0 aromatic carbocycles. The number of aromatic nitrogens is 3. The standard InChI is InChI=1S/C7H7N3.C3H8.C2H6/c1-2-4-9-7-10-6-5-8-3-1;1-3-2;1-2/h1-7H;3H2,1-2H3;1-2H3. The summed E-state index contributed by atoms with van der Waals surface area (Å²) < 4.78 is 0. The molecule has 0 aliphatic carbocycles. The molecule has 0 amide bonds. The summed E-state index contributed by atoms with van der Waals surface area (Å²) in [6, 6.07) is 3.58. The fraction of sp³-hybridized carbons (Fsp3) is 0.417. The van der Waals surface area contributed by atoms with Gasteiger partial charge in [-0.3, -0.25) is 4.98 Å². The maximum atomic E-state index is 3.86. The second-order valence-corrected chi connectivity index (χ2v) is 2.25. The van der Waals surface area contributed by atoms with Gasteiger partial charge < -0.3 is 0 Å². The van der Waals surface area contributed by atoms with E-state index in [2.05, 4.69) is 28.8 Å². The number of rotatable bonds is 0. The number of hydrogen-bond acceptors (Lipinski definition) is 3. The minimum Gasteiger partial charge on any atom is -0.263 e. The van der Waals surface area contributed by atoms with Gasteiger partial charge in [0.1, 0.15) is 6.33 Å². The van der Waals surface area contributed by atoms with Crippen LogP contribution in [0.25, 0.3) is 0 Å². The van der Waals surface area contributed by atoms with Crippen molar-refractivity contribution in [2.24, 2.45) is 0 Å². The second-order valence-electron chi connectivity index (χ2n) is 2.25. The van der Waals surface area contributed by atoms with Crippen molar-refractivity contribution in [1.29, 1.82) is 0 Å². The van der Waals surface area contributed by atoms with Crippen LogP contribution in [0.15, 0.2) is 43.2 Å². The lowest BCUT2D eigenvalue weighted by molar-refractivity contribution is 1.09. The molecule has 0 saturated heterocycles. The average Bonchev–Trinajstić information content (AvgIpc) is 2.30. The summed E-state index contributed by atoms with van der Waals surface area (Å²) in [5.41, 5.74) is 0. The number of nitrogens with zero attached hydrogens (tertiary/aromatic N) is 3. The van der Waals surface area contributed by atoms with Gasteiger partial charge in [-0.2, -0.15) is 0 Å².